The minimum absolute atomic E-state index is 0.188. The van der Waals surface area contributed by atoms with Gasteiger partial charge in [-0.15, -0.1) is 0 Å². The standard InChI is InChI=1S/C6H4BrFN2O/c1-3(11)5-4(8)2-9-6(7)10-5/h2H,1H3. The van der Waals surface area contributed by atoms with E-state index < -0.39 is 11.6 Å². The molecule has 0 unspecified atom stereocenters. The van der Waals surface area contributed by atoms with Crippen LogP contribution in [-0.4, -0.2) is 15.8 Å². The molecule has 0 radical (unpaired) electrons. The first kappa shape index (κ1) is 8.26. The highest BCUT2D eigenvalue weighted by molar-refractivity contribution is 9.10. The van der Waals surface area contributed by atoms with E-state index >= 15 is 0 Å². The predicted molar refractivity (Wildman–Crippen MR) is 39.7 cm³/mol. The Kier molecular flexibility index (Phi) is 2.28. The number of ketones is 1. The Morgan fingerprint density at radius 1 is 1.73 bits per heavy atom. The zero-order valence-corrected chi connectivity index (χ0v) is 7.22. The van der Waals surface area contributed by atoms with Crippen molar-refractivity contribution in [2.45, 2.75) is 6.92 Å². The van der Waals surface area contributed by atoms with E-state index in [2.05, 4.69) is 25.9 Å². The second-order valence-corrected chi connectivity index (χ2v) is 2.60. The molecule has 0 aliphatic carbocycles. The van der Waals surface area contributed by atoms with Gasteiger partial charge >= 0.3 is 0 Å². The number of carbonyl (C=O) groups is 1. The molecule has 0 spiro atoms. The molecule has 0 saturated carbocycles. The maximum atomic E-state index is 12.7. The first-order valence-electron chi connectivity index (χ1n) is 2.80. The lowest BCUT2D eigenvalue weighted by Crippen LogP contribution is -2.02. The van der Waals surface area contributed by atoms with Crippen molar-refractivity contribution in [3.05, 3.63) is 22.4 Å². The fourth-order valence-corrected chi connectivity index (χ4v) is 0.872. The third-order valence-electron chi connectivity index (χ3n) is 1.05. The molecule has 0 aliphatic rings. The Bertz CT molecular complexity index is 303. The number of aromatic nitrogens is 2. The molecular formula is C6H4BrFN2O. The normalized spacial score (nSPS) is 9.73. The minimum atomic E-state index is -0.694. The summed E-state index contributed by atoms with van der Waals surface area (Å²) in [7, 11) is 0. The molecule has 1 heterocycles. The Labute approximate surface area is 70.8 Å². The summed E-state index contributed by atoms with van der Waals surface area (Å²) in [6.45, 7) is 1.25. The van der Waals surface area contributed by atoms with Crippen LogP contribution >= 0.6 is 15.9 Å². The van der Waals surface area contributed by atoms with Gasteiger partial charge in [-0.1, -0.05) is 0 Å². The van der Waals surface area contributed by atoms with E-state index in [0.29, 0.717) is 0 Å². The first-order chi connectivity index (χ1) is 5.11. The molecule has 0 N–H and O–H groups in total. The van der Waals surface area contributed by atoms with Crippen LogP contribution in [0.4, 0.5) is 4.39 Å². The van der Waals surface area contributed by atoms with Crippen molar-refractivity contribution in [3.8, 4) is 0 Å². The van der Waals surface area contributed by atoms with Gasteiger partial charge in [0.2, 0.25) is 0 Å². The van der Waals surface area contributed by atoms with Gasteiger partial charge in [0.05, 0.1) is 6.20 Å². The van der Waals surface area contributed by atoms with Crippen LogP contribution in [0.1, 0.15) is 17.4 Å². The van der Waals surface area contributed by atoms with E-state index in [1.54, 1.807) is 0 Å². The van der Waals surface area contributed by atoms with Crippen LogP contribution in [-0.2, 0) is 0 Å². The van der Waals surface area contributed by atoms with E-state index in [0.717, 1.165) is 6.20 Å². The van der Waals surface area contributed by atoms with E-state index in [1.807, 2.05) is 0 Å². The molecule has 11 heavy (non-hydrogen) atoms. The van der Waals surface area contributed by atoms with Crippen molar-refractivity contribution in [2.75, 3.05) is 0 Å². The Morgan fingerprint density at radius 3 is 2.82 bits per heavy atom. The van der Waals surface area contributed by atoms with Crippen molar-refractivity contribution in [2.24, 2.45) is 0 Å². The van der Waals surface area contributed by atoms with Gasteiger partial charge in [0.25, 0.3) is 0 Å². The van der Waals surface area contributed by atoms with Gasteiger partial charge in [-0.25, -0.2) is 14.4 Å². The molecule has 0 saturated heterocycles. The molecular weight excluding hydrogens is 215 g/mol. The lowest BCUT2D eigenvalue weighted by Gasteiger charge is -1.95. The van der Waals surface area contributed by atoms with Crippen molar-refractivity contribution in [3.63, 3.8) is 0 Å². The van der Waals surface area contributed by atoms with E-state index in [9.17, 15) is 9.18 Å². The fourth-order valence-electron chi connectivity index (χ4n) is 0.592. The molecule has 0 amide bonds. The van der Waals surface area contributed by atoms with Gasteiger partial charge < -0.3 is 0 Å². The molecule has 0 atom stereocenters. The number of Topliss-reactive ketones (excluding diaryl/α,β-unsaturated/α-hetero) is 1. The molecule has 3 nitrogen and oxygen atoms in total. The third kappa shape index (κ3) is 1.80. The van der Waals surface area contributed by atoms with Gasteiger partial charge in [-0.2, -0.15) is 0 Å². The lowest BCUT2D eigenvalue weighted by atomic mass is 10.3. The number of nitrogens with zero attached hydrogens (tertiary/aromatic N) is 2. The quantitative estimate of drug-likeness (QED) is 0.531. The number of carbonyl (C=O) groups excluding carboxylic acids is 1. The molecule has 1 aromatic heterocycles. The molecule has 1 aromatic rings. The average molecular weight is 219 g/mol. The Morgan fingerprint density at radius 2 is 2.36 bits per heavy atom. The van der Waals surface area contributed by atoms with Crippen LogP contribution in [0.2, 0.25) is 0 Å². The largest absolute Gasteiger partial charge is 0.293 e. The van der Waals surface area contributed by atoms with Gasteiger partial charge in [-0.3, -0.25) is 4.79 Å². The third-order valence-corrected chi connectivity index (χ3v) is 1.43. The van der Waals surface area contributed by atoms with Crippen LogP contribution in [0.25, 0.3) is 0 Å². The molecule has 0 aromatic carbocycles. The number of hydrogen-bond donors (Lipinski definition) is 0. The van der Waals surface area contributed by atoms with Gasteiger partial charge in [-0.05, 0) is 15.9 Å². The van der Waals surface area contributed by atoms with Gasteiger partial charge in [0, 0.05) is 6.92 Å². The second-order valence-electron chi connectivity index (χ2n) is 1.89. The molecule has 0 bridgehead atoms. The Hall–Kier alpha value is -0.840. The van der Waals surface area contributed by atoms with Crippen molar-refractivity contribution < 1.29 is 9.18 Å². The highest BCUT2D eigenvalue weighted by Crippen LogP contribution is 2.07. The number of halogens is 2. The van der Waals surface area contributed by atoms with E-state index in [4.69, 9.17) is 0 Å². The van der Waals surface area contributed by atoms with Crippen molar-refractivity contribution in [1.29, 1.82) is 0 Å². The van der Waals surface area contributed by atoms with Crippen LogP contribution < -0.4 is 0 Å². The van der Waals surface area contributed by atoms with Crippen LogP contribution in [0.5, 0.6) is 0 Å². The number of rotatable bonds is 1. The molecule has 1 rings (SSSR count). The summed E-state index contributed by atoms with van der Waals surface area (Å²) in [6, 6.07) is 0. The monoisotopic (exact) mass is 218 g/mol. The zero-order valence-electron chi connectivity index (χ0n) is 5.64. The number of hydrogen-bond acceptors (Lipinski definition) is 3. The summed E-state index contributed by atoms with van der Waals surface area (Å²) >= 11 is 2.92. The highest BCUT2D eigenvalue weighted by atomic mass is 79.9. The van der Waals surface area contributed by atoms with E-state index in [-0.39, 0.29) is 10.4 Å². The summed E-state index contributed by atoms with van der Waals surface area (Å²) in [4.78, 5) is 17.7. The van der Waals surface area contributed by atoms with Crippen molar-refractivity contribution >= 4 is 21.7 Å². The minimum Gasteiger partial charge on any atom is -0.293 e. The zero-order chi connectivity index (χ0) is 8.43. The summed E-state index contributed by atoms with van der Waals surface area (Å²) in [5.74, 6) is -1.11. The lowest BCUT2D eigenvalue weighted by molar-refractivity contribution is 0.100. The smallest absolute Gasteiger partial charge is 0.197 e. The Balaban J connectivity index is 3.23. The van der Waals surface area contributed by atoms with Crippen LogP contribution in [0.15, 0.2) is 10.9 Å². The van der Waals surface area contributed by atoms with Crippen LogP contribution in [0, 0.1) is 5.82 Å². The van der Waals surface area contributed by atoms with E-state index in [1.165, 1.54) is 6.92 Å². The molecule has 5 heteroatoms. The predicted octanol–water partition coefficient (Wildman–Crippen LogP) is 1.58. The maximum absolute atomic E-state index is 12.7. The highest BCUT2D eigenvalue weighted by Gasteiger charge is 2.09. The van der Waals surface area contributed by atoms with Gasteiger partial charge in [0.1, 0.15) is 5.69 Å². The average Bonchev–Trinajstić information content (AvgIpc) is 1.94. The summed E-state index contributed by atoms with van der Waals surface area (Å²) in [5, 5.41) is 0. The maximum Gasteiger partial charge on any atom is 0.197 e. The molecule has 0 aliphatic heterocycles. The molecule has 58 valence electrons. The summed E-state index contributed by atoms with van der Waals surface area (Å²) in [5.41, 5.74) is -0.188. The molecule has 0 fully saturated rings. The first-order valence-corrected chi connectivity index (χ1v) is 3.59. The topological polar surface area (TPSA) is 42.9 Å². The van der Waals surface area contributed by atoms with Crippen LogP contribution in [0.3, 0.4) is 0 Å². The SMILES string of the molecule is CC(=O)c1nc(Br)ncc1F. The fraction of sp³-hybridized carbons (Fsp3) is 0.167. The van der Waals surface area contributed by atoms with Crippen molar-refractivity contribution in [1.82, 2.24) is 9.97 Å². The van der Waals surface area contributed by atoms with Gasteiger partial charge in [0.15, 0.2) is 16.3 Å². The second kappa shape index (κ2) is 3.04. The summed E-state index contributed by atoms with van der Waals surface area (Å²) < 4.78 is 12.9. The summed E-state index contributed by atoms with van der Waals surface area (Å²) in [6.07, 6.45) is 0.952.